The molecule has 1 amide bonds. The van der Waals surface area contributed by atoms with E-state index in [1.165, 1.54) is 20.1 Å². The smallest absolute Gasteiger partial charge is 0.339 e. The largest absolute Gasteiger partial charge is 0.493 e. The van der Waals surface area contributed by atoms with Crippen LogP contribution in [-0.4, -0.2) is 31.7 Å². The number of nitrogens with one attached hydrogen (secondary N) is 1. The highest BCUT2D eigenvalue weighted by molar-refractivity contribution is 6.00. The maximum Gasteiger partial charge on any atom is 0.339 e. The molecule has 0 saturated heterocycles. The first-order chi connectivity index (χ1) is 15.0. The summed E-state index contributed by atoms with van der Waals surface area (Å²) in [7, 11) is 1.49. The van der Waals surface area contributed by atoms with Crippen LogP contribution in [0.4, 0.5) is 5.69 Å². The zero-order chi connectivity index (χ0) is 22.2. The molecule has 1 unspecified atom stereocenters. The number of esters is 1. The summed E-state index contributed by atoms with van der Waals surface area (Å²) in [5.74, 6) is -0.0926. The van der Waals surface area contributed by atoms with Gasteiger partial charge in [0.1, 0.15) is 0 Å². The first-order valence-corrected chi connectivity index (χ1v) is 10.0. The standard InChI is InChI=1S/C25H25NO5/c1-4-30-22-15-14-19(16-23(22)29-3)25(28)31-17(2)24(27)26-21-13-9-8-12-20(21)18-10-6-5-7-11-18/h5-17H,4H2,1-3H3,(H,26,27). The Bertz CT molecular complexity index is 1050. The number of anilines is 1. The summed E-state index contributed by atoms with van der Waals surface area (Å²) < 4.78 is 16.1. The Morgan fingerprint density at radius 3 is 2.35 bits per heavy atom. The number of para-hydroxylation sites is 1. The average molecular weight is 419 g/mol. The van der Waals surface area contributed by atoms with Crippen molar-refractivity contribution in [3.8, 4) is 22.6 Å². The first-order valence-electron chi connectivity index (χ1n) is 10.0. The molecule has 1 N–H and O–H groups in total. The normalized spacial score (nSPS) is 11.3. The molecule has 160 valence electrons. The van der Waals surface area contributed by atoms with Crippen molar-refractivity contribution in [3.63, 3.8) is 0 Å². The van der Waals surface area contributed by atoms with Crippen LogP contribution in [0.2, 0.25) is 0 Å². The molecule has 3 aromatic carbocycles. The van der Waals surface area contributed by atoms with E-state index in [0.717, 1.165) is 11.1 Å². The minimum absolute atomic E-state index is 0.268. The summed E-state index contributed by atoms with van der Waals surface area (Å²) >= 11 is 0. The van der Waals surface area contributed by atoms with Crippen LogP contribution < -0.4 is 14.8 Å². The molecule has 0 aliphatic carbocycles. The van der Waals surface area contributed by atoms with E-state index in [0.29, 0.717) is 23.8 Å². The predicted molar refractivity (Wildman–Crippen MR) is 120 cm³/mol. The number of carbonyl (C=O) groups excluding carboxylic acids is 2. The van der Waals surface area contributed by atoms with E-state index >= 15 is 0 Å². The molecule has 0 spiro atoms. The fourth-order valence-electron chi connectivity index (χ4n) is 3.05. The second-order valence-corrected chi connectivity index (χ2v) is 6.75. The number of rotatable bonds is 8. The molecule has 0 heterocycles. The summed E-state index contributed by atoms with van der Waals surface area (Å²) in [6, 6.07) is 22.0. The SMILES string of the molecule is CCOc1ccc(C(=O)OC(C)C(=O)Nc2ccccc2-c2ccccc2)cc1OC. The summed E-state index contributed by atoms with van der Waals surface area (Å²) in [5, 5.41) is 2.85. The monoisotopic (exact) mass is 419 g/mol. The Balaban J connectivity index is 1.70. The molecule has 0 aliphatic heterocycles. The predicted octanol–water partition coefficient (Wildman–Crippen LogP) is 4.94. The zero-order valence-electron chi connectivity index (χ0n) is 17.8. The van der Waals surface area contributed by atoms with Gasteiger partial charge >= 0.3 is 5.97 Å². The van der Waals surface area contributed by atoms with Crippen molar-refractivity contribution >= 4 is 17.6 Å². The molecule has 0 fully saturated rings. The van der Waals surface area contributed by atoms with Gasteiger partial charge in [-0.2, -0.15) is 0 Å². The van der Waals surface area contributed by atoms with Crippen molar-refractivity contribution < 1.29 is 23.8 Å². The van der Waals surface area contributed by atoms with Gasteiger partial charge in [0.15, 0.2) is 17.6 Å². The van der Waals surface area contributed by atoms with Crippen LogP contribution in [-0.2, 0) is 9.53 Å². The van der Waals surface area contributed by atoms with Crippen molar-refractivity contribution in [1.82, 2.24) is 0 Å². The van der Waals surface area contributed by atoms with Gasteiger partial charge in [0.25, 0.3) is 5.91 Å². The second kappa shape index (κ2) is 10.3. The molecule has 0 bridgehead atoms. The number of ether oxygens (including phenoxy) is 3. The number of hydrogen-bond donors (Lipinski definition) is 1. The first kappa shape index (κ1) is 21.9. The van der Waals surface area contributed by atoms with Gasteiger partial charge in [-0.15, -0.1) is 0 Å². The van der Waals surface area contributed by atoms with E-state index in [9.17, 15) is 9.59 Å². The van der Waals surface area contributed by atoms with Crippen LogP contribution in [0.3, 0.4) is 0 Å². The lowest BCUT2D eigenvalue weighted by Gasteiger charge is -2.16. The molecule has 0 aromatic heterocycles. The van der Waals surface area contributed by atoms with Crippen LogP contribution in [0.25, 0.3) is 11.1 Å². The molecular weight excluding hydrogens is 394 g/mol. The van der Waals surface area contributed by atoms with Gasteiger partial charge in [0.2, 0.25) is 0 Å². The summed E-state index contributed by atoms with van der Waals surface area (Å²) in [4.78, 5) is 25.2. The van der Waals surface area contributed by atoms with Gasteiger partial charge in [0.05, 0.1) is 19.3 Å². The molecule has 0 saturated carbocycles. The summed E-state index contributed by atoms with van der Waals surface area (Å²) in [5.41, 5.74) is 2.77. The van der Waals surface area contributed by atoms with E-state index in [1.54, 1.807) is 12.1 Å². The van der Waals surface area contributed by atoms with E-state index in [2.05, 4.69) is 5.32 Å². The Morgan fingerprint density at radius 1 is 0.935 bits per heavy atom. The van der Waals surface area contributed by atoms with E-state index < -0.39 is 18.0 Å². The van der Waals surface area contributed by atoms with Crippen LogP contribution in [0.1, 0.15) is 24.2 Å². The Hall–Kier alpha value is -3.80. The number of hydrogen-bond acceptors (Lipinski definition) is 5. The van der Waals surface area contributed by atoms with Gasteiger partial charge in [-0.3, -0.25) is 4.79 Å². The van der Waals surface area contributed by atoms with E-state index in [1.807, 2.05) is 61.5 Å². The number of amides is 1. The van der Waals surface area contributed by atoms with Crippen LogP contribution in [0.15, 0.2) is 72.8 Å². The fourth-order valence-corrected chi connectivity index (χ4v) is 3.05. The minimum atomic E-state index is -0.992. The van der Waals surface area contributed by atoms with Crippen molar-refractivity contribution in [3.05, 3.63) is 78.4 Å². The average Bonchev–Trinajstić information content (AvgIpc) is 2.80. The molecule has 6 heteroatoms. The third kappa shape index (κ3) is 5.42. The van der Waals surface area contributed by atoms with Gasteiger partial charge in [-0.1, -0.05) is 48.5 Å². The second-order valence-electron chi connectivity index (χ2n) is 6.75. The number of methoxy groups -OCH3 is 1. The summed E-state index contributed by atoms with van der Waals surface area (Å²) in [6.07, 6.45) is -0.992. The highest BCUT2D eigenvalue weighted by Gasteiger charge is 2.21. The number of benzene rings is 3. The molecule has 3 aromatic rings. The van der Waals surface area contributed by atoms with Crippen molar-refractivity contribution in [1.29, 1.82) is 0 Å². The maximum absolute atomic E-state index is 12.7. The third-order valence-corrected chi connectivity index (χ3v) is 4.62. The highest BCUT2D eigenvalue weighted by Crippen LogP contribution is 2.29. The lowest BCUT2D eigenvalue weighted by atomic mass is 10.0. The molecule has 0 radical (unpaired) electrons. The maximum atomic E-state index is 12.7. The molecule has 31 heavy (non-hydrogen) atoms. The Kier molecular flexibility index (Phi) is 7.27. The van der Waals surface area contributed by atoms with Gasteiger partial charge < -0.3 is 19.5 Å². The molecule has 3 rings (SSSR count). The van der Waals surface area contributed by atoms with Crippen LogP contribution >= 0.6 is 0 Å². The lowest BCUT2D eigenvalue weighted by molar-refractivity contribution is -0.123. The van der Waals surface area contributed by atoms with Crippen molar-refractivity contribution in [2.45, 2.75) is 20.0 Å². The van der Waals surface area contributed by atoms with Gasteiger partial charge in [-0.05, 0) is 43.7 Å². The number of carbonyl (C=O) groups is 2. The Morgan fingerprint density at radius 2 is 1.65 bits per heavy atom. The van der Waals surface area contributed by atoms with Crippen LogP contribution in [0.5, 0.6) is 11.5 Å². The quantitative estimate of drug-likeness (QED) is 0.523. The minimum Gasteiger partial charge on any atom is -0.493 e. The lowest BCUT2D eigenvalue weighted by Crippen LogP contribution is -2.30. The third-order valence-electron chi connectivity index (χ3n) is 4.62. The summed E-state index contributed by atoms with van der Waals surface area (Å²) in [6.45, 7) is 3.86. The molecular formula is C25H25NO5. The van der Waals surface area contributed by atoms with Gasteiger partial charge in [0, 0.05) is 11.3 Å². The Labute approximate surface area is 181 Å². The molecule has 1 atom stereocenters. The van der Waals surface area contributed by atoms with Crippen molar-refractivity contribution in [2.24, 2.45) is 0 Å². The fraction of sp³-hybridized carbons (Fsp3) is 0.200. The van der Waals surface area contributed by atoms with E-state index in [-0.39, 0.29) is 5.56 Å². The molecule has 0 aliphatic rings. The topological polar surface area (TPSA) is 73.9 Å². The highest BCUT2D eigenvalue weighted by atomic mass is 16.5. The van der Waals surface area contributed by atoms with E-state index in [4.69, 9.17) is 14.2 Å². The molecule has 6 nitrogen and oxygen atoms in total. The van der Waals surface area contributed by atoms with Crippen molar-refractivity contribution in [2.75, 3.05) is 19.0 Å². The van der Waals surface area contributed by atoms with Crippen LogP contribution in [0, 0.1) is 0 Å². The van der Waals surface area contributed by atoms with Gasteiger partial charge in [-0.25, -0.2) is 4.79 Å². The zero-order valence-corrected chi connectivity index (χ0v) is 17.8.